The van der Waals surface area contributed by atoms with Crippen molar-refractivity contribution in [1.82, 2.24) is 0 Å². The number of phosphoric ester groups is 1. The normalized spacial score (nSPS) is 30.9. The lowest BCUT2D eigenvalue weighted by atomic mass is 10.2. The van der Waals surface area contributed by atoms with Crippen LogP contribution in [0.1, 0.15) is 6.42 Å². The van der Waals surface area contributed by atoms with Crippen molar-refractivity contribution in [3.05, 3.63) is 0 Å². The van der Waals surface area contributed by atoms with E-state index >= 15 is 0 Å². The van der Waals surface area contributed by atoms with Gasteiger partial charge in [0, 0.05) is 6.61 Å². The Bertz CT molecular complexity index is 188. The standard InChI is InChI=1S/C5H11O6P/c6-4-1-2-10-5(4)3-11-12(7,8)9/h4-6H,1-3H2,(H2,7,8,9)/t4-,5+/m0/s1. The summed E-state index contributed by atoms with van der Waals surface area (Å²) in [6.45, 7) is 0.127. The Kier molecular flexibility index (Phi) is 3.22. The first-order chi connectivity index (χ1) is 5.49. The van der Waals surface area contributed by atoms with Crippen molar-refractivity contribution in [2.45, 2.75) is 18.6 Å². The molecule has 0 radical (unpaired) electrons. The second kappa shape index (κ2) is 3.83. The minimum Gasteiger partial charge on any atom is -0.390 e. The zero-order valence-corrected chi connectivity index (χ0v) is 7.18. The van der Waals surface area contributed by atoms with Gasteiger partial charge in [0.05, 0.1) is 12.7 Å². The van der Waals surface area contributed by atoms with E-state index in [1.807, 2.05) is 0 Å². The molecule has 3 N–H and O–H groups in total. The highest BCUT2D eigenvalue weighted by molar-refractivity contribution is 7.46. The molecule has 0 amide bonds. The molecular weight excluding hydrogens is 187 g/mol. The van der Waals surface area contributed by atoms with Crippen molar-refractivity contribution in [3.63, 3.8) is 0 Å². The van der Waals surface area contributed by atoms with Crippen LogP contribution in [0.3, 0.4) is 0 Å². The van der Waals surface area contributed by atoms with Gasteiger partial charge in [-0.25, -0.2) is 4.57 Å². The van der Waals surface area contributed by atoms with E-state index in [1.165, 1.54) is 0 Å². The summed E-state index contributed by atoms with van der Waals surface area (Å²) in [5.41, 5.74) is 0. The van der Waals surface area contributed by atoms with Crippen LogP contribution in [0, 0.1) is 0 Å². The summed E-state index contributed by atoms with van der Waals surface area (Å²) in [5.74, 6) is 0. The molecule has 0 aromatic heterocycles. The second-order valence-electron chi connectivity index (χ2n) is 2.55. The van der Waals surface area contributed by atoms with Gasteiger partial charge >= 0.3 is 7.82 Å². The monoisotopic (exact) mass is 198 g/mol. The van der Waals surface area contributed by atoms with Gasteiger partial charge in [0.2, 0.25) is 0 Å². The third-order valence-electron chi connectivity index (χ3n) is 1.58. The number of rotatable bonds is 3. The van der Waals surface area contributed by atoms with Crippen LogP contribution >= 0.6 is 7.82 Å². The molecule has 2 atom stereocenters. The molecule has 0 aromatic carbocycles. The molecule has 0 aliphatic carbocycles. The highest BCUT2D eigenvalue weighted by atomic mass is 31.2. The van der Waals surface area contributed by atoms with Crippen LogP contribution in [0.5, 0.6) is 0 Å². The van der Waals surface area contributed by atoms with E-state index in [4.69, 9.17) is 19.6 Å². The van der Waals surface area contributed by atoms with Crippen LogP contribution < -0.4 is 0 Å². The van der Waals surface area contributed by atoms with Crippen LogP contribution in [-0.4, -0.2) is 40.3 Å². The summed E-state index contributed by atoms with van der Waals surface area (Å²) >= 11 is 0. The minimum atomic E-state index is -4.44. The van der Waals surface area contributed by atoms with Gasteiger partial charge in [-0.15, -0.1) is 0 Å². The minimum absolute atomic E-state index is 0.272. The largest absolute Gasteiger partial charge is 0.469 e. The summed E-state index contributed by atoms with van der Waals surface area (Å²) in [6, 6.07) is 0. The quantitative estimate of drug-likeness (QED) is 0.516. The fourth-order valence-electron chi connectivity index (χ4n) is 0.967. The first-order valence-electron chi connectivity index (χ1n) is 3.49. The van der Waals surface area contributed by atoms with E-state index in [0.29, 0.717) is 13.0 Å². The SMILES string of the molecule is O=P(O)(O)OC[C@H]1OCC[C@@H]1O. The maximum absolute atomic E-state index is 10.2. The smallest absolute Gasteiger partial charge is 0.390 e. The number of hydrogen-bond acceptors (Lipinski definition) is 4. The number of phosphoric acid groups is 1. The molecule has 12 heavy (non-hydrogen) atoms. The fraction of sp³-hybridized carbons (Fsp3) is 1.00. The molecule has 0 saturated carbocycles. The van der Waals surface area contributed by atoms with E-state index in [9.17, 15) is 4.57 Å². The average molecular weight is 198 g/mol. The van der Waals surface area contributed by atoms with E-state index in [0.717, 1.165) is 0 Å². The third kappa shape index (κ3) is 3.18. The zero-order chi connectivity index (χ0) is 9.19. The van der Waals surface area contributed by atoms with Crippen LogP contribution in [0.2, 0.25) is 0 Å². The van der Waals surface area contributed by atoms with Crippen molar-refractivity contribution in [3.8, 4) is 0 Å². The van der Waals surface area contributed by atoms with Crippen LogP contribution in [-0.2, 0) is 13.8 Å². The molecule has 0 bridgehead atoms. The molecule has 0 aromatic rings. The summed E-state index contributed by atoms with van der Waals surface area (Å²) < 4.78 is 19.3. The molecule has 1 aliphatic rings. The molecule has 0 unspecified atom stereocenters. The van der Waals surface area contributed by atoms with E-state index in [1.54, 1.807) is 0 Å². The average Bonchev–Trinajstić information content (AvgIpc) is 2.29. The Morgan fingerprint density at radius 1 is 1.58 bits per heavy atom. The first kappa shape index (κ1) is 10.1. The van der Waals surface area contributed by atoms with E-state index in [2.05, 4.69) is 4.52 Å². The van der Waals surface area contributed by atoms with E-state index < -0.39 is 20.0 Å². The second-order valence-corrected chi connectivity index (χ2v) is 3.79. The van der Waals surface area contributed by atoms with Crippen molar-refractivity contribution < 1.29 is 28.7 Å². The molecular formula is C5H11O6P. The topological polar surface area (TPSA) is 96.2 Å². The number of hydrogen-bond donors (Lipinski definition) is 3. The van der Waals surface area contributed by atoms with Gasteiger partial charge in [-0.1, -0.05) is 0 Å². The van der Waals surface area contributed by atoms with Gasteiger partial charge in [-0.05, 0) is 6.42 Å². The number of ether oxygens (including phenoxy) is 1. The molecule has 1 aliphatic heterocycles. The van der Waals surface area contributed by atoms with Crippen LogP contribution in [0.25, 0.3) is 0 Å². The van der Waals surface area contributed by atoms with E-state index in [-0.39, 0.29) is 6.61 Å². The Morgan fingerprint density at radius 2 is 2.25 bits per heavy atom. The van der Waals surface area contributed by atoms with Gasteiger partial charge in [0.1, 0.15) is 6.10 Å². The summed E-state index contributed by atoms with van der Waals surface area (Å²) in [5, 5.41) is 9.13. The number of aliphatic hydroxyl groups excluding tert-OH is 1. The first-order valence-corrected chi connectivity index (χ1v) is 5.02. The Labute approximate surface area is 69.4 Å². The highest BCUT2D eigenvalue weighted by Gasteiger charge is 2.28. The van der Waals surface area contributed by atoms with Gasteiger partial charge in [0.15, 0.2) is 0 Å². The van der Waals surface area contributed by atoms with Crippen molar-refractivity contribution in [1.29, 1.82) is 0 Å². The lowest BCUT2D eigenvalue weighted by molar-refractivity contribution is 0.00361. The van der Waals surface area contributed by atoms with Crippen molar-refractivity contribution in [2.24, 2.45) is 0 Å². The molecule has 1 fully saturated rings. The summed E-state index contributed by atoms with van der Waals surface area (Å²) in [7, 11) is -4.44. The zero-order valence-electron chi connectivity index (χ0n) is 6.29. The lowest BCUT2D eigenvalue weighted by Gasteiger charge is -2.13. The van der Waals surface area contributed by atoms with Crippen LogP contribution in [0.4, 0.5) is 0 Å². The highest BCUT2D eigenvalue weighted by Crippen LogP contribution is 2.36. The molecule has 1 heterocycles. The molecule has 0 spiro atoms. The number of aliphatic hydroxyl groups is 1. The summed E-state index contributed by atoms with van der Waals surface area (Å²) in [6.07, 6.45) is -0.816. The predicted octanol–water partition coefficient (Wildman–Crippen LogP) is -0.755. The molecule has 6 nitrogen and oxygen atoms in total. The molecule has 72 valence electrons. The molecule has 1 rings (SSSR count). The Balaban J connectivity index is 2.27. The fourth-order valence-corrected chi connectivity index (χ4v) is 1.31. The van der Waals surface area contributed by atoms with Gasteiger partial charge in [-0.3, -0.25) is 4.52 Å². The van der Waals surface area contributed by atoms with Crippen LogP contribution in [0.15, 0.2) is 0 Å². The van der Waals surface area contributed by atoms with Gasteiger partial charge < -0.3 is 19.6 Å². The maximum Gasteiger partial charge on any atom is 0.469 e. The molecule has 1 saturated heterocycles. The molecule has 7 heteroatoms. The lowest BCUT2D eigenvalue weighted by Crippen LogP contribution is -2.25. The van der Waals surface area contributed by atoms with Gasteiger partial charge in [0.25, 0.3) is 0 Å². The van der Waals surface area contributed by atoms with Crippen molar-refractivity contribution >= 4 is 7.82 Å². The Morgan fingerprint density at radius 3 is 2.67 bits per heavy atom. The van der Waals surface area contributed by atoms with Gasteiger partial charge in [-0.2, -0.15) is 0 Å². The van der Waals surface area contributed by atoms with Crippen molar-refractivity contribution in [2.75, 3.05) is 13.2 Å². The predicted molar refractivity (Wildman–Crippen MR) is 38.4 cm³/mol. The Hall–Kier alpha value is 0.0300. The summed E-state index contributed by atoms with van der Waals surface area (Å²) in [4.78, 5) is 16.6. The third-order valence-corrected chi connectivity index (χ3v) is 2.07. The maximum atomic E-state index is 10.2.